The van der Waals surface area contributed by atoms with Gasteiger partial charge in [-0.15, -0.1) is 0 Å². The number of nitrogens with one attached hydrogen (secondary N) is 1. The predicted molar refractivity (Wildman–Crippen MR) is 85.6 cm³/mol. The molecule has 0 amide bonds. The van der Waals surface area contributed by atoms with E-state index < -0.39 is 10.0 Å². The SMILES string of the molecule is Cc1ccc(S(=O)(=O)Nc2ccc(C)c(C)c2)c(Br)c1. The van der Waals surface area contributed by atoms with Crippen molar-refractivity contribution in [2.75, 3.05) is 4.72 Å². The fourth-order valence-electron chi connectivity index (χ4n) is 1.84. The lowest BCUT2D eigenvalue weighted by Gasteiger charge is -2.11. The smallest absolute Gasteiger partial charge is 0.263 e. The van der Waals surface area contributed by atoms with Crippen molar-refractivity contribution in [2.45, 2.75) is 25.7 Å². The lowest BCUT2D eigenvalue weighted by molar-refractivity contribution is 0.600. The number of rotatable bonds is 3. The molecular formula is C15H16BrNO2S. The van der Waals surface area contributed by atoms with Gasteiger partial charge in [-0.25, -0.2) is 8.42 Å². The number of sulfonamides is 1. The highest BCUT2D eigenvalue weighted by atomic mass is 79.9. The van der Waals surface area contributed by atoms with Gasteiger partial charge in [0.05, 0.1) is 0 Å². The Bertz CT molecular complexity index is 754. The number of aryl methyl sites for hydroxylation is 3. The quantitative estimate of drug-likeness (QED) is 0.899. The molecule has 2 aromatic rings. The third kappa shape index (κ3) is 3.22. The molecule has 0 heterocycles. The Balaban J connectivity index is 2.38. The van der Waals surface area contributed by atoms with Crippen LogP contribution in [0.3, 0.4) is 0 Å². The van der Waals surface area contributed by atoms with Crippen molar-refractivity contribution in [3.63, 3.8) is 0 Å². The van der Waals surface area contributed by atoms with E-state index in [0.717, 1.165) is 16.7 Å². The first-order valence-corrected chi connectivity index (χ1v) is 8.43. The summed E-state index contributed by atoms with van der Waals surface area (Å²) in [6, 6.07) is 10.7. The second-order valence-electron chi connectivity index (χ2n) is 4.84. The van der Waals surface area contributed by atoms with E-state index in [9.17, 15) is 8.42 Å². The van der Waals surface area contributed by atoms with Crippen molar-refractivity contribution in [2.24, 2.45) is 0 Å². The largest absolute Gasteiger partial charge is 0.280 e. The molecule has 0 atom stereocenters. The van der Waals surface area contributed by atoms with Gasteiger partial charge in [0.15, 0.2) is 0 Å². The first-order chi connectivity index (χ1) is 9.29. The van der Waals surface area contributed by atoms with Gasteiger partial charge in [-0.1, -0.05) is 12.1 Å². The molecule has 2 rings (SSSR count). The number of hydrogen-bond donors (Lipinski definition) is 1. The fourth-order valence-corrected chi connectivity index (χ4v) is 4.08. The third-order valence-electron chi connectivity index (χ3n) is 3.14. The molecule has 0 aliphatic carbocycles. The average Bonchev–Trinajstić information content (AvgIpc) is 2.33. The van der Waals surface area contributed by atoms with Gasteiger partial charge in [-0.05, 0) is 77.7 Å². The number of hydrogen-bond acceptors (Lipinski definition) is 2. The highest BCUT2D eigenvalue weighted by molar-refractivity contribution is 9.10. The summed E-state index contributed by atoms with van der Waals surface area (Å²) in [5.74, 6) is 0. The topological polar surface area (TPSA) is 46.2 Å². The zero-order valence-electron chi connectivity index (χ0n) is 11.6. The van der Waals surface area contributed by atoms with E-state index >= 15 is 0 Å². The third-order valence-corrected chi connectivity index (χ3v) is 5.49. The molecule has 0 saturated carbocycles. The van der Waals surface area contributed by atoms with E-state index in [1.165, 1.54) is 0 Å². The van der Waals surface area contributed by atoms with Crippen molar-refractivity contribution in [1.82, 2.24) is 0 Å². The highest BCUT2D eigenvalue weighted by Crippen LogP contribution is 2.25. The molecule has 0 unspecified atom stereocenters. The van der Waals surface area contributed by atoms with Gasteiger partial charge in [-0.2, -0.15) is 0 Å². The molecule has 0 radical (unpaired) electrons. The summed E-state index contributed by atoms with van der Waals surface area (Å²) in [6.07, 6.45) is 0. The van der Waals surface area contributed by atoms with Crippen molar-refractivity contribution in [3.05, 3.63) is 57.6 Å². The van der Waals surface area contributed by atoms with E-state index in [2.05, 4.69) is 20.7 Å². The molecule has 0 aromatic heterocycles. The summed E-state index contributed by atoms with van der Waals surface area (Å²) in [7, 11) is -3.59. The second kappa shape index (κ2) is 5.58. The first kappa shape index (κ1) is 15.1. The summed E-state index contributed by atoms with van der Waals surface area (Å²) in [6.45, 7) is 5.86. The minimum absolute atomic E-state index is 0.237. The van der Waals surface area contributed by atoms with Gasteiger partial charge in [0.2, 0.25) is 0 Å². The summed E-state index contributed by atoms with van der Waals surface area (Å²) in [5, 5.41) is 0. The van der Waals surface area contributed by atoms with Gasteiger partial charge < -0.3 is 0 Å². The highest BCUT2D eigenvalue weighted by Gasteiger charge is 2.17. The predicted octanol–water partition coefficient (Wildman–Crippen LogP) is 4.18. The summed E-state index contributed by atoms with van der Waals surface area (Å²) in [4.78, 5) is 0.237. The molecule has 0 fully saturated rings. The molecule has 0 aliphatic rings. The van der Waals surface area contributed by atoms with Crippen LogP contribution in [0.4, 0.5) is 5.69 Å². The van der Waals surface area contributed by atoms with E-state index in [1.54, 1.807) is 24.3 Å². The average molecular weight is 354 g/mol. The number of benzene rings is 2. The Morgan fingerprint density at radius 2 is 1.65 bits per heavy atom. The van der Waals surface area contributed by atoms with Crippen LogP contribution in [0.5, 0.6) is 0 Å². The van der Waals surface area contributed by atoms with Gasteiger partial charge in [0, 0.05) is 10.2 Å². The number of halogens is 1. The minimum Gasteiger partial charge on any atom is -0.280 e. The summed E-state index contributed by atoms with van der Waals surface area (Å²) in [5.41, 5.74) is 3.75. The van der Waals surface area contributed by atoms with Gasteiger partial charge in [0.25, 0.3) is 10.0 Å². The van der Waals surface area contributed by atoms with Crippen molar-refractivity contribution in [1.29, 1.82) is 0 Å². The molecule has 0 bridgehead atoms. The molecule has 5 heteroatoms. The molecule has 20 heavy (non-hydrogen) atoms. The lowest BCUT2D eigenvalue weighted by Crippen LogP contribution is -2.13. The standard InChI is InChI=1S/C15H16BrNO2S/c1-10-4-7-15(14(16)8-10)20(18,19)17-13-6-5-11(2)12(3)9-13/h4-9,17H,1-3H3. The Hall–Kier alpha value is -1.33. The van der Waals surface area contributed by atoms with Crippen molar-refractivity contribution >= 4 is 31.6 Å². The Morgan fingerprint density at radius 1 is 0.950 bits per heavy atom. The Kier molecular flexibility index (Phi) is 4.20. The molecule has 106 valence electrons. The van der Waals surface area contributed by atoms with Crippen LogP contribution in [0, 0.1) is 20.8 Å². The monoisotopic (exact) mass is 353 g/mol. The first-order valence-electron chi connectivity index (χ1n) is 6.16. The fraction of sp³-hybridized carbons (Fsp3) is 0.200. The molecule has 2 aromatic carbocycles. The van der Waals surface area contributed by atoms with Crippen LogP contribution in [-0.2, 0) is 10.0 Å². The van der Waals surface area contributed by atoms with Gasteiger partial charge in [-0.3, -0.25) is 4.72 Å². The van der Waals surface area contributed by atoms with Crippen molar-refractivity contribution in [3.8, 4) is 0 Å². The van der Waals surface area contributed by atoms with Crippen LogP contribution in [-0.4, -0.2) is 8.42 Å². The van der Waals surface area contributed by atoms with Crippen molar-refractivity contribution < 1.29 is 8.42 Å². The Labute approximate surface area is 128 Å². The molecule has 1 N–H and O–H groups in total. The zero-order chi connectivity index (χ0) is 14.9. The molecule has 3 nitrogen and oxygen atoms in total. The van der Waals surface area contributed by atoms with Crippen LogP contribution < -0.4 is 4.72 Å². The number of anilines is 1. The summed E-state index contributed by atoms with van der Waals surface area (Å²) >= 11 is 3.30. The van der Waals surface area contributed by atoms with Crippen LogP contribution in [0.25, 0.3) is 0 Å². The molecule has 0 aliphatic heterocycles. The van der Waals surface area contributed by atoms with Crippen LogP contribution in [0.1, 0.15) is 16.7 Å². The maximum absolute atomic E-state index is 12.4. The molecular weight excluding hydrogens is 338 g/mol. The van der Waals surface area contributed by atoms with E-state index in [-0.39, 0.29) is 4.90 Å². The Morgan fingerprint density at radius 3 is 2.25 bits per heavy atom. The maximum Gasteiger partial charge on any atom is 0.263 e. The van der Waals surface area contributed by atoms with Gasteiger partial charge in [0.1, 0.15) is 4.90 Å². The minimum atomic E-state index is -3.59. The van der Waals surface area contributed by atoms with Crippen LogP contribution >= 0.6 is 15.9 Å². The van der Waals surface area contributed by atoms with Gasteiger partial charge >= 0.3 is 0 Å². The van der Waals surface area contributed by atoms with Crippen LogP contribution in [0.15, 0.2) is 45.8 Å². The van der Waals surface area contributed by atoms with E-state index in [1.807, 2.05) is 32.9 Å². The zero-order valence-corrected chi connectivity index (χ0v) is 14.0. The van der Waals surface area contributed by atoms with E-state index in [0.29, 0.717) is 10.2 Å². The van der Waals surface area contributed by atoms with E-state index in [4.69, 9.17) is 0 Å². The molecule has 0 saturated heterocycles. The maximum atomic E-state index is 12.4. The summed E-state index contributed by atoms with van der Waals surface area (Å²) < 4.78 is 27.9. The molecule has 0 spiro atoms. The normalized spacial score (nSPS) is 11.4. The lowest BCUT2D eigenvalue weighted by atomic mass is 10.1. The van der Waals surface area contributed by atoms with Crippen LogP contribution in [0.2, 0.25) is 0 Å². The second-order valence-corrected chi connectivity index (χ2v) is 7.34.